The van der Waals surface area contributed by atoms with Crippen LogP contribution in [0.1, 0.15) is 0 Å². The molecular formula is C11H8BrN3S2. The van der Waals surface area contributed by atoms with Crippen LogP contribution in [0, 0.1) is 0 Å². The van der Waals surface area contributed by atoms with Crippen molar-refractivity contribution in [2.45, 2.75) is 0 Å². The molecule has 86 valence electrons. The molecule has 0 amide bonds. The van der Waals surface area contributed by atoms with E-state index in [1.165, 1.54) is 0 Å². The molecule has 0 aromatic carbocycles. The smallest absolute Gasteiger partial charge is 0.164 e. The van der Waals surface area contributed by atoms with E-state index in [2.05, 4.69) is 36.6 Å². The first-order valence-corrected chi connectivity index (χ1v) is 7.50. The molecule has 0 radical (unpaired) electrons. The van der Waals surface area contributed by atoms with E-state index >= 15 is 0 Å². The van der Waals surface area contributed by atoms with E-state index < -0.39 is 0 Å². The van der Waals surface area contributed by atoms with Crippen molar-refractivity contribution in [3.05, 3.63) is 26.7 Å². The van der Waals surface area contributed by atoms with E-state index in [1.54, 1.807) is 22.7 Å². The van der Waals surface area contributed by atoms with E-state index in [-0.39, 0.29) is 0 Å². The van der Waals surface area contributed by atoms with Crippen LogP contribution in [-0.2, 0) is 0 Å². The molecule has 0 fully saturated rings. The summed E-state index contributed by atoms with van der Waals surface area (Å²) in [7, 11) is 1.88. The predicted molar refractivity (Wildman–Crippen MR) is 78.0 cm³/mol. The summed E-state index contributed by atoms with van der Waals surface area (Å²) in [6.07, 6.45) is 0. The normalized spacial score (nSPS) is 10.9. The number of hydrogen-bond donors (Lipinski definition) is 1. The average Bonchev–Trinajstić information content (AvgIpc) is 2.95. The molecule has 1 N–H and O–H groups in total. The molecule has 0 atom stereocenters. The lowest BCUT2D eigenvalue weighted by Crippen LogP contribution is -1.96. The van der Waals surface area contributed by atoms with Crippen LogP contribution in [0.2, 0.25) is 0 Å². The van der Waals surface area contributed by atoms with E-state index in [0.717, 1.165) is 31.2 Å². The zero-order valence-corrected chi connectivity index (χ0v) is 12.1. The first-order valence-electron chi connectivity index (χ1n) is 4.95. The Balaban J connectivity index is 2.23. The number of aromatic nitrogens is 2. The summed E-state index contributed by atoms with van der Waals surface area (Å²) in [4.78, 5) is 10.1. The maximum absolute atomic E-state index is 4.58. The van der Waals surface area contributed by atoms with Gasteiger partial charge in [-0.05, 0) is 33.4 Å². The molecule has 3 nitrogen and oxygen atoms in total. The summed E-state index contributed by atoms with van der Waals surface area (Å²) in [5, 5.41) is 8.29. The van der Waals surface area contributed by atoms with Gasteiger partial charge in [0.1, 0.15) is 10.6 Å². The summed E-state index contributed by atoms with van der Waals surface area (Å²) in [6, 6.07) is 4.08. The zero-order valence-electron chi connectivity index (χ0n) is 8.90. The third-order valence-corrected chi connectivity index (χ3v) is 4.70. The van der Waals surface area contributed by atoms with Gasteiger partial charge in [0.15, 0.2) is 5.82 Å². The maximum atomic E-state index is 4.58. The lowest BCUT2D eigenvalue weighted by Gasteiger charge is -2.03. The number of hydrogen-bond acceptors (Lipinski definition) is 5. The molecule has 0 bridgehead atoms. The highest BCUT2D eigenvalue weighted by molar-refractivity contribution is 9.11. The zero-order chi connectivity index (χ0) is 11.8. The van der Waals surface area contributed by atoms with Gasteiger partial charge in [0.25, 0.3) is 0 Å². The van der Waals surface area contributed by atoms with Gasteiger partial charge in [-0.25, -0.2) is 9.97 Å². The molecule has 3 rings (SSSR count). The number of anilines is 1. The van der Waals surface area contributed by atoms with Gasteiger partial charge in [-0.2, -0.15) is 0 Å². The van der Waals surface area contributed by atoms with E-state index in [9.17, 15) is 0 Å². The molecule has 3 aromatic heterocycles. The fraction of sp³-hybridized carbons (Fsp3) is 0.0909. The van der Waals surface area contributed by atoms with Crippen LogP contribution < -0.4 is 5.32 Å². The Labute approximate surface area is 115 Å². The number of nitrogens with one attached hydrogen (secondary N) is 1. The minimum Gasteiger partial charge on any atom is -0.372 e. The van der Waals surface area contributed by atoms with E-state index in [1.807, 2.05) is 24.6 Å². The number of thiophene rings is 2. The molecule has 17 heavy (non-hydrogen) atoms. The maximum Gasteiger partial charge on any atom is 0.164 e. The van der Waals surface area contributed by atoms with Gasteiger partial charge >= 0.3 is 0 Å². The standard InChI is InChI=1S/C11H8BrN3S2/c1-13-10-7-2-3-16-11(7)15-9(14-10)6-4-8(12)17-5-6/h2-5H,1H3,(H,13,14,15). The van der Waals surface area contributed by atoms with Gasteiger partial charge in [0.2, 0.25) is 0 Å². The summed E-state index contributed by atoms with van der Waals surface area (Å²) in [5.41, 5.74) is 1.05. The van der Waals surface area contributed by atoms with Crippen molar-refractivity contribution in [2.24, 2.45) is 0 Å². The molecule has 3 aromatic rings. The number of rotatable bonds is 2. The largest absolute Gasteiger partial charge is 0.372 e. The van der Waals surface area contributed by atoms with Crippen molar-refractivity contribution >= 4 is 54.6 Å². The van der Waals surface area contributed by atoms with Crippen molar-refractivity contribution in [3.8, 4) is 11.4 Å². The Hall–Kier alpha value is -0.980. The van der Waals surface area contributed by atoms with E-state index in [0.29, 0.717) is 0 Å². The van der Waals surface area contributed by atoms with Crippen LogP contribution in [0.3, 0.4) is 0 Å². The SMILES string of the molecule is CNc1nc(-c2csc(Br)c2)nc2sccc12. The van der Waals surface area contributed by atoms with Crippen molar-refractivity contribution in [3.63, 3.8) is 0 Å². The predicted octanol–water partition coefficient (Wildman–Crippen LogP) is 4.22. The summed E-state index contributed by atoms with van der Waals surface area (Å²) in [5.74, 6) is 1.65. The Bertz CT molecular complexity index is 674. The molecular weight excluding hydrogens is 318 g/mol. The molecule has 0 spiro atoms. The van der Waals surface area contributed by atoms with Gasteiger partial charge in [-0.1, -0.05) is 0 Å². The van der Waals surface area contributed by atoms with Crippen LogP contribution >= 0.6 is 38.6 Å². The van der Waals surface area contributed by atoms with Crippen LogP contribution in [0.25, 0.3) is 21.6 Å². The summed E-state index contributed by atoms with van der Waals surface area (Å²) in [6.45, 7) is 0. The third-order valence-electron chi connectivity index (χ3n) is 2.39. The molecule has 0 aliphatic rings. The quantitative estimate of drug-likeness (QED) is 0.766. The molecule has 3 heterocycles. The molecule has 0 aliphatic carbocycles. The fourth-order valence-electron chi connectivity index (χ4n) is 1.60. The van der Waals surface area contributed by atoms with Gasteiger partial charge in [0, 0.05) is 18.0 Å². The lowest BCUT2D eigenvalue weighted by molar-refractivity contribution is 1.23. The highest BCUT2D eigenvalue weighted by Crippen LogP contribution is 2.31. The average molecular weight is 326 g/mol. The van der Waals surface area contributed by atoms with Crippen LogP contribution in [0.5, 0.6) is 0 Å². The summed E-state index contributed by atoms with van der Waals surface area (Å²) >= 11 is 6.73. The number of halogens is 1. The van der Waals surface area contributed by atoms with Gasteiger partial charge in [0.05, 0.1) is 9.17 Å². The topological polar surface area (TPSA) is 37.8 Å². The number of nitrogens with zero attached hydrogens (tertiary/aromatic N) is 2. The lowest BCUT2D eigenvalue weighted by atomic mass is 10.3. The fourth-order valence-corrected chi connectivity index (χ4v) is 3.50. The van der Waals surface area contributed by atoms with Gasteiger partial charge in [-0.15, -0.1) is 22.7 Å². The highest BCUT2D eigenvalue weighted by Gasteiger charge is 2.10. The van der Waals surface area contributed by atoms with Crippen molar-refractivity contribution < 1.29 is 0 Å². The second-order valence-electron chi connectivity index (χ2n) is 3.42. The second-order valence-corrected chi connectivity index (χ2v) is 6.61. The molecule has 0 unspecified atom stereocenters. The molecule has 0 aliphatic heterocycles. The first-order chi connectivity index (χ1) is 8.28. The minimum absolute atomic E-state index is 0.770. The minimum atomic E-state index is 0.770. The Morgan fingerprint density at radius 2 is 2.18 bits per heavy atom. The molecule has 6 heteroatoms. The Morgan fingerprint density at radius 3 is 2.88 bits per heavy atom. The summed E-state index contributed by atoms with van der Waals surface area (Å²) < 4.78 is 1.09. The first kappa shape index (κ1) is 11.1. The Kier molecular flexibility index (Phi) is 2.85. The molecule has 0 saturated carbocycles. The second kappa shape index (κ2) is 4.36. The van der Waals surface area contributed by atoms with Crippen molar-refractivity contribution in [1.29, 1.82) is 0 Å². The van der Waals surface area contributed by atoms with Crippen molar-refractivity contribution in [2.75, 3.05) is 12.4 Å². The van der Waals surface area contributed by atoms with Crippen LogP contribution in [0.4, 0.5) is 5.82 Å². The monoisotopic (exact) mass is 325 g/mol. The van der Waals surface area contributed by atoms with Crippen LogP contribution in [0.15, 0.2) is 26.7 Å². The highest BCUT2D eigenvalue weighted by atomic mass is 79.9. The van der Waals surface area contributed by atoms with Gasteiger partial charge in [-0.3, -0.25) is 0 Å². The van der Waals surface area contributed by atoms with Gasteiger partial charge < -0.3 is 5.32 Å². The van der Waals surface area contributed by atoms with Crippen molar-refractivity contribution in [1.82, 2.24) is 9.97 Å². The Morgan fingerprint density at radius 1 is 1.29 bits per heavy atom. The molecule has 0 saturated heterocycles. The third kappa shape index (κ3) is 1.96. The van der Waals surface area contributed by atoms with E-state index in [4.69, 9.17) is 0 Å². The number of fused-ring (bicyclic) bond motifs is 1. The van der Waals surface area contributed by atoms with Crippen LogP contribution in [-0.4, -0.2) is 17.0 Å².